The van der Waals surface area contributed by atoms with E-state index >= 15 is 0 Å². The molecule has 0 heterocycles. The maximum atomic E-state index is 10.8. The van der Waals surface area contributed by atoms with Crippen molar-refractivity contribution in [2.75, 3.05) is 13.2 Å². The Bertz CT molecular complexity index is 265. The molecule has 3 N–H and O–H groups in total. The first-order valence-electron chi connectivity index (χ1n) is 7.13. The number of hydrogen-bond donors (Lipinski definition) is 3. The smallest absolute Gasteiger partial charge is 0.118 e. The lowest BCUT2D eigenvalue weighted by molar-refractivity contribution is -0.185. The Balaban J connectivity index is 1.81. The van der Waals surface area contributed by atoms with Crippen molar-refractivity contribution in [3.8, 4) is 0 Å². The molecule has 0 amide bonds. The van der Waals surface area contributed by atoms with E-state index in [2.05, 4.69) is 5.32 Å². The zero-order valence-corrected chi connectivity index (χ0v) is 10.8. The summed E-state index contributed by atoms with van der Waals surface area (Å²) in [4.78, 5) is 0. The SMILES string of the molecule is CC(O)(NCCO)C12CC3CC(CC(C3)C1)C2. The first-order valence-corrected chi connectivity index (χ1v) is 7.13. The number of nitrogens with one attached hydrogen (secondary N) is 1. The molecule has 0 spiro atoms. The molecule has 4 aliphatic carbocycles. The Labute approximate surface area is 104 Å². The molecule has 0 radical (unpaired) electrons. The van der Waals surface area contributed by atoms with Crippen LogP contribution >= 0.6 is 0 Å². The zero-order valence-electron chi connectivity index (χ0n) is 10.8. The second-order valence-electron chi connectivity index (χ2n) is 6.92. The number of hydrogen-bond acceptors (Lipinski definition) is 3. The molecule has 0 aromatic heterocycles. The Morgan fingerprint density at radius 3 is 2.00 bits per heavy atom. The van der Waals surface area contributed by atoms with Crippen molar-refractivity contribution >= 4 is 0 Å². The minimum Gasteiger partial charge on any atom is -0.395 e. The molecule has 3 heteroatoms. The highest BCUT2D eigenvalue weighted by Crippen LogP contribution is 2.63. The van der Waals surface area contributed by atoms with Crippen LogP contribution in [0.2, 0.25) is 0 Å². The van der Waals surface area contributed by atoms with E-state index in [1.165, 1.54) is 38.5 Å². The predicted molar refractivity (Wildman–Crippen MR) is 66.3 cm³/mol. The molecule has 4 aliphatic rings. The summed E-state index contributed by atoms with van der Waals surface area (Å²) in [6, 6.07) is 0. The molecule has 4 fully saturated rings. The van der Waals surface area contributed by atoms with Crippen molar-refractivity contribution in [3.05, 3.63) is 0 Å². The van der Waals surface area contributed by atoms with E-state index in [4.69, 9.17) is 5.11 Å². The predicted octanol–water partition coefficient (Wildman–Crippen LogP) is 1.49. The summed E-state index contributed by atoms with van der Waals surface area (Å²) in [6.07, 6.45) is 7.75. The van der Waals surface area contributed by atoms with Crippen LogP contribution in [0.3, 0.4) is 0 Å². The summed E-state index contributed by atoms with van der Waals surface area (Å²) >= 11 is 0. The maximum Gasteiger partial charge on any atom is 0.118 e. The molecular weight excluding hydrogens is 214 g/mol. The van der Waals surface area contributed by atoms with Crippen molar-refractivity contribution in [1.82, 2.24) is 5.32 Å². The number of aliphatic hydroxyl groups excluding tert-OH is 1. The average molecular weight is 239 g/mol. The van der Waals surface area contributed by atoms with Gasteiger partial charge in [0.15, 0.2) is 0 Å². The van der Waals surface area contributed by atoms with Gasteiger partial charge < -0.3 is 10.2 Å². The first-order chi connectivity index (χ1) is 8.05. The van der Waals surface area contributed by atoms with Crippen molar-refractivity contribution in [3.63, 3.8) is 0 Å². The zero-order chi connectivity index (χ0) is 12.1. The third-order valence-electron chi connectivity index (χ3n) is 5.65. The van der Waals surface area contributed by atoms with Crippen LogP contribution in [-0.2, 0) is 0 Å². The molecule has 0 aliphatic heterocycles. The summed E-state index contributed by atoms with van der Waals surface area (Å²) in [5.74, 6) is 2.55. The molecule has 0 aromatic carbocycles. The lowest BCUT2D eigenvalue weighted by Crippen LogP contribution is -2.63. The van der Waals surface area contributed by atoms with E-state index in [0.717, 1.165) is 17.8 Å². The molecule has 4 saturated carbocycles. The maximum absolute atomic E-state index is 10.8. The van der Waals surface area contributed by atoms with Crippen molar-refractivity contribution in [1.29, 1.82) is 0 Å². The summed E-state index contributed by atoms with van der Waals surface area (Å²) in [5, 5.41) is 22.9. The van der Waals surface area contributed by atoms with Gasteiger partial charge in [-0.25, -0.2) is 0 Å². The molecular formula is C14H25NO2. The molecule has 4 rings (SSSR count). The van der Waals surface area contributed by atoms with Gasteiger partial charge in [0, 0.05) is 12.0 Å². The fraction of sp³-hybridized carbons (Fsp3) is 1.00. The molecule has 0 saturated heterocycles. The van der Waals surface area contributed by atoms with E-state index < -0.39 is 5.72 Å². The van der Waals surface area contributed by atoms with E-state index in [1.54, 1.807) is 0 Å². The highest BCUT2D eigenvalue weighted by Gasteiger charge is 2.58. The lowest BCUT2D eigenvalue weighted by Gasteiger charge is -2.61. The standard InChI is InChI=1S/C14H25NO2/c1-13(17,15-2-3-16)14-7-10-4-11(8-14)6-12(5-10)9-14/h10-12,15-17H,2-9H2,1H3. The molecule has 4 bridgehead atoms. The molecule has 98 valence electrons. The number of rotatable bonds is 4. The van der Waals surface area contributed by atoms with Gasteiger partial charge in [-0.05, 0) is 63.2 Å². The Morgan fingerprint density at radius 2 is 1.59 bits per heavy atom. The van der Waals surface area contributed by atoms with Crippen LogP contribution in [0.25, 0.3) is 0 Å². The van der Waals surface area contributed by atoms with Crippen molar-refractivity contribution in [2.45, 2.75) is 51.2 Å². The van der Waals surface area contributed by atoms with Gasteiger partial charge in [0.05, 0.1) is 6.61 Å². The first kappa shape index (κ1) is 11.9. The lowest BCUT2D eigenvalue weighted by atomic mass is 9.47. The fourth-order valence-corrected chi connectivity index (χ4v) is 5.19. The fourth-order valence-electron chi connectivity index (χ4n) is 5.19. The van der Waals surface area contributed by atoms with Gasteiger partial charge in [0.25, 0.3) is 0 Å². The van der Waals surface area contributed by atoms with Gasteiger partial charge in [0.2, 0.25) is 0 Å². The van der Waals surface area contributed by atoms with Gasteiger partial charge in [0.1, 0.15) is 5.72 Å². The molecule has 3 nitrogen and oxygen atoms in total. The molecule has 1 unspecified atom stereocenters. The Hall–Kier alpha value is -0.120. The normalized spacial score (nSPS) is 47.1. The van der Waals surface area contributed by atoms with Crippen LogP contribution in [0.4, 0.5) is 0 Å². The number of aliphatic hydroxyl groups is 2. The summed E-state index contributed by atoms with van der Waals surface area (Å²) < 4.78 is 0. The van der Waals surface area contributed by atoms with Crippen molar-refractivity contribution in [2.24, 2.45) is 23.2 Å². The van der Waals surface area contributed by atoms with Crippen LogP contribution in [0, 0.1) is 23.2 Å². The van der Waals surface area contributed by atoms with E-state index in [0.29, 0.717) is 6.54 Å². The topological polar surface area (TPSA) is 52.5 Å². The summed E-state index contributed by atoms with van der Waals surface area (Å²) in [6.45, 7) is 2.52. The molecule has 1 atom stereocenters. The van der Waals surface area contributed by atoms with Crippen LogP contribution < -0.4 is 5.32 Å². The third-order valence-corrected chi connectivity index (χ3v) is 5.65. The van der Waals surface area contributed by atoms with Gasteiger partial charge in [-0.1, -0.05) is 0 Å². The van der Waals surface area contributed by atoms with Gasteiger partial charge in [-0.15, -0.1) is 0 Å². The van der Waals surface area contributed by atoms with Crippen LogP contribution in [0.1, 0.15) is 45.4 Å². The minimum atomic E-state index is -0.800. The average Bonchev–Trinajstić information content (AvgIpc) is 2.24. The van der Waals surface area contributed by atoms with E-state index in [1.807, 2.05) is 6.92 Å². The second-order valence-corrected chi connectivity index (χ2v) is 6.92. The molecule has 17 heavy (non-hydrogen) atoms. The minimum absolute atomic E-state index is 0.0803. The van der Waals surface area contributed by atoms with E-state index in [9.17, 15) is 5.11 Å². The Kier molecular flexibility index (Phi) is 2.77. The third kappa shape index (κ3) is 1.83. The van der Waals surface area contributed by atoms with E-state index in [-0.39, 0.29) is 12.0 Å². The highest BCUT2D eigenvalue weighted by atomic mass is 16.3. The summed E-state index contributed by atoms with van der Waals surface area (Å²) in [5.41, 5.74) is -0.720. The van der Waals surface area contributed by atoms with Crippen LogP contribution in [0.15, 0.2) is 0 Å². The Morgan fingerprint density at radius 1 is 1.12 bits per heavy atom. The quantitative estimate of drug-likeness (QED) is 0.652. The summed E-state index contributed by atoms with van der Waals surface area (Å²) in [7, 11) is 0. The van der Waals surface area contributed by atoms with Gasteiger partial charge in [-0.2, -0.15) is 0 Å². The van der Waals surface area contributed by atoms with Crippen molar-refractivity contribution < 1.29 is 10.2 Å². The van der Waals surface area contributed by atoms with Crippen LogP contribution in [-0.4, -0.2) is 29.1 Å². The second kappa shape index (κ2) is 3.94. The largest absolute Gasteiger partial charge is 0.395 e. The van der Waals surface area contributed by atoms with Crippen LogP contribution in [0.5, 0.6) is 0 Å². The monoisotopic (exact) mass is 239 g/mol. The highest BCUT2D eigenvalue weighted by molar-refractivity contribution is 5.07. The van der Waals surface area contributed by atoms with Gasteiger partial charge >= 0.3 is 0 Å². The van der Waals surface area contributed by atoms with Gasteiger partial charge in [-0.3, -0.25) is 5.32 Å². The molecule has 0 aromatic rings.